The molecule has 1 aliphatic heterocycles. The third kappa shape index (κ3) is 5.73. The van der Waals surface area contributed by atoms with E-state index >= 15 is 0 Å². The molecule has 0 radical (unpaired) electrons. The van der Waals surface area contributed by atoms with Gasteiger partial charge in [-0.05, 0) is 59.8 Å². The van der Waals surface area contributed by atoms with Crippen molar-refractivity contribution in [3.05, 3.63) is 98.6 Å². The maximum Gasteiger partial charge on any atom is 0.293 e. The van der Waals surface area contributed by atoms with Crippen LogP contribution in [0.3, 0.4) is 0 Å². The minimum Gasteiger partial charge on any atom is -0.490 e. The number of ether oxygens (including phenoxy) is 2. The second-order valence-electron chi connectivity index (χ2n) is 7.17. The molecule has 0 unspecified atom stereocenters. The van der Waals surface area contributed by atoms with Crippen molar-refractivity contribution in [1.29, 1.82) is 0 Å². The van der Waals surface area contributed by atoms with Crippen LogP contribution in [0.15, 0.2) is 71.6 Å². The zero-order chi connectivity index (χ0) is 24.1. The fourth-order valence-electron chi connectivity index (χ4n) is 3.14. The molecule has 4 rings (SSSR count). The Morgan fingerprint density at radius 2 is 1.65 bits per heavy atom. The third-order valence-electron chi connectivity index (χ3n) is 4.91. The number of halogens is 3. The minimum absolute atomic E-state index is 0.0139. The Labute approximate surface area is 210 Å². The van der Waals surface area contributed by atoms with E-state index in [0.29, 0.717) is 32.0 Å². The summed E-state index contributed by atoms with van der Waals surface area (Å²) < 4.78 is 25.1. The first-order valence-corrected chi connectivity index (χ1v) is 11.8. The molecule has 1 saturated heterocycles. The summed E-state index contributed by atoms with van der Waals surface area (Å²) in [5.74, 6) is 0.192. The molecule has 5 nitrogen and oxygen atoms in total. The lowest BCUT2D eigenvalue weighted by molar-refractivity contribution is -0.123. The van der Waals surface area contributed by atoms with Crippen molar-refractivity contribution in [1.82, 2.24) is 4.90 Å². The molecule has 0 aromatic heterocycles. The fourth-order valence-corrected chi connectivity index (χ4v) is 4.41. The van der Waals surface area contributed by atoms with Crippen LogP contribution in [0.25, 0.3) is 6.08 Å². The van der Waals surface area contributed by atoms with Crippen molar-refractivity contribution in [2.75, 3.05) is 13.2 Å². The molecule has 34 heavy (non-hydrogen) atoms. The molecule has 0 aliphatic carbocycles. The Morgan fingerprint density at radius 3 is 2.38 bits per heavy atom. The first-order valence-electron chi connectivity index (χ1n) is 10.2. The number of benzene rings is 3. The molecular formula is C25H18Cl2FNO4S. The number of para-hydroxylation sites is 1. The van der Waals surface area contributed by atoms with Gasteiger partial charge in [0.1, 0.15) is 30.5 Å². The number of carbonyl (C=O) groups excluding carboxylic acids is 2. The van der Waals surface area contributed by atoms with E-state index in [9.17, 15) is 14.0 Å². The van der Waals surface area contributed by atoms with Crippen molar-refractivity contribution in [3.63, 3.8) is 0 Å². The topological polar surface area (TPSA) is 55.8 Å². The van der Waals surface area contributed by atoms with Crippen LogP contribution in [0.1, 0.15) is 11.1 Å². The average Bonchev–Trinajstić information content (AvgIpc) is 3.08. The van der Waals surface area contributed by atoms with Crippen LogP contribution in [-0.2, 0) is 11.4 Å². The van der Waals surface area contributed by atoms with Crippen molar-refractivity contribution >= 4 is 52.2 Å². The van der Waals surface area contributed by atoms with E-state index in [0.717, 1.165) is 16.7 Å². The zero-order valence-electron chi connectivity index (χ0n) is 17.7. The summed E-state index contributed by atoms with van der Waals surface area (Å²) in [5.41, 5.74) is 0.995. The van der Waals surface area contributed by atoms with Crippen molar-refractivity contribution in [2.45, 2.75) is 6.61 Å². The normalized spacial score (nSPS) is 14.7. The van der Waals surface area contributed by atoms with Crippen LogP contribution in [0.2, 0.25) is 10.0 Å². The van der Waals surface area contributed by atoms with E-state index in [1.807, 2.05) is 0 Å². The zero-order valence-corrected chi connectivity index (χ0v) is 20.0. The van der Waals surface area contributed by atoms with Gasteiger partial charge >= 0.3 is 0 Å². The quantitative estimate of drug-likeness (QED) is 0.306. The maximum atomic E-state index is 13.9. The van der Waals surface area contributed by atoms with Crippen LogP contribution < -0.4 is 9.47 Å². The molecule has 1 aliphatic rings. The van der Waals surface area contributed by atoms with Gasteiger partial charge in [0.25, 0.3) is 11.1 Å². The summed E-state index contributed by atoms with van der Waals surface area (Å²) in [5, 5.41) is 0.395. The number of rotatable bonds is 8. The molecule has 3 aromatic carbocycles. The average molecular weight is 518 g/mol. The van der Waals surface area contributed by atoms with E-state index < -0.39 is 5.82 Å². The van der Waals surface area contributed by atoms with Gasteiger partial charge in [-0.15, -0.1) is 0 Å². The molecule has 0 bridgehead atoms. The highest BCUT2D eigenvalue weighted by molar-refractivity contribution is 8.18. The van der Waals surface area contributed by atoms with Crippen LogP contribution >= 0.6 is 35.0 Å². The standard InChI is InChI=1S/C25H18Cl2FNO4S/c26-19-5-3-6-21(28)18(19)15-33-17-10-8-16(9-11-17)14-23-24(30)29(25(31)34-23)12-13-32-22-7-2-1-4-20(22)27/h1-11,14H,12-13,15H2/b23-14-. The summed E-state index contributed by atoms with van der Waals surface area (Å²) in [7, 11) is 0. The number of hydrogen-bond donors (Lipinski definition) is 0. The predicted octanol–water partition coefficient (Wildman–Crippen LogP) is 6.83. The summed E-state index contributed by atoms with van der Waals surface area (Å²) in [6.07, 6.45) is 1.64. The Morgan fingerprint density at radius 1 is 0.912 bits per heavy atom. The molecule has 2 amide bonds. The largest absolute Gasteiger partial charge is 0.490 e. The highest BCUT2D eigenvalue weighted by atomic mass is 35.5. The van der Waals surface area contributed by atoms with E-state index in [-0.39, 0.29) is 36.5 Å². The van der Waals surface area contributed by atoms with Crippen LogP contribution in [0, 0.1) is 5.82 Å². The number of amides is 2. The molecule has 0 N–H and O–H groups in total. The SMILES string of the molecule is O=C1S/C(=C\c2ccc(OCc3c(F)cccc3Cl)cc2)C(=O)N1CCOc1ccccc1Cl. The lowest BCUT2D eigenvalue weighted by Gasteiger charge is -2.13. The second-order valence-corrected chi connectivity index (χ2v) is 8.98. The minimum atomic E-state index is -0.433. The highest BCUT2D eigenvalue weighted by Crippen LogP contribution is 2.32. The molecule has 0 spiro atoms. The molecule has 0 atom stereocenters. The number of imide groups is 1. The number of nitrogens with zero attached hydrogens (tertiary/aromatic N) is 1. The van der Waals surface area contributed by atoms with Crippen molar-refractivity contribution < 1.29 is 23.5 Å². The van der Waals surface area contributed by atoms with Gasteiger partial charge in [0.05, 0.1) is 21.5 Å². The molecule has 1 heterocycles. The van der Waals surface area contributed by atoms with E-state index in [1.54, 1.807) is 60.7 Å². The van der Waals surface area contributed by atoms with E-state index in [4.69, 9.17) is 32.7 Å². The predicted molar refractivity (Wildman–Crippen MR) is 132 cm³/mol. The number of thioether (sulfide) groups is 1. The van der Waals surface area contributed by atoms with Gasteiger partial charge in [-0.3, -0.25) is 14.5 Å². The summed E-state index contributed by atoms with van der Waals surface area (Å²) in [6.45, 7) is 0.228. The van der Waals surface area contributed by atoms with E-state index in [1.165, 1.54) is 12.1 Å². The second kappa shape index (κ2) is 11.0. The molecule has 1 fully saturated rings. The maximum absolute atomic E-state index is 13.9. The lowest BCUT2D eigenvalue weighted by atomic mass is 10.2. The smallest absolute Gasteiger partial charge is 0.293 e. The van der Waals surface area contributed by atoms with Gasteiger partial charge in [0.15, 0.2) is 0 Å². The Balaban J connectivity index is 1.34. The Hall–Kier alpha value is -3.00. The summed E-state index contributed by atoms with van der Waals surface area (Å²) in [4.78, 5) is 26.4. The van der Waals surface area contributed by atoms with Crippen molar-refractivity contribution in [2.24, 2.45) is 0 Å². The highest BCUT2D eigenvalue weighted by Gasteiger charge is 2.34. The van der Waals surface area contributed by atoms with Crippen LogP contribution in [-0.4, -0.2) is 29.2 Å². The molecule has 9 heteroatoms. The summed E-state index contributed by atoms with van der Waals surface area (Å²) >= 11 is 12.9. The Kier molecular flexibility index (Phi) is 7.77. The van der Waals surface area contributed by atoms with Crippen molar-refractivity contribution in [3.8, 4) is 11.5 Å². The van der Waals surface area contributed by atoms with Gasteiger partial charge in [0.2, 0.25) is 0 Å². The molecule has 3 aromatic rings. The molecular weight excluding hydrogens is 500 g/mol. The number of hydrogen-bond acceptors (Lipinski definition) is 5. The van der Waals surface area contributed by atoms with E-state index in [2.05, 4.69) is 0 Å². The monoisotopic (exact) mass is 517 g/mol. The summed E-state index contributed by atoms with van der Waals surface area (Å²) in [6, 6.07) is 18.3. The molecule has 174 valence electrons. The molecule has 0 saturated carbocycles. The lowest BCUT2D eigenvalue weighted by Crippen LogP contribution is -2.32. The van der Waals surface area contributed by atoms with Gasteiger partial charge in [0, 0.05) is 5.56 Å². The first kappa shape index (κ1) is 24.1. The van der Waals surface area contributed by atoms with Crippen LogP contribution in [0.4, 0.5) is 9.18 Å². The number of carbonyl (C=O) groups is 2. The van der Waals surface area contributed by atoms with Gasteiger partial charge in [-0.25, -0.2) is 4.39 Å². The fraction of sp³-hybridized carbons (Fsp3) is 0.120. The third-order valence-corrected chi connectivity index (χ3v) is 6.48. The van der Waals surface area contributed by atoms with Gasteiger partial charge < -0.3 is 9.47 Å². The first-order chi connectivity index (χ1) is 16.4. The van der Waals surface area contributed by atoms with Gasteiger partial charge in [-0.2, -0.15) is 0 Å². The van der Waals surface area contributed by atoms with Crippen LogP contribution in [0.5, 0.6) is 11.5 Å². The van der Waals surface area contributed by atoms with Gasteiger partial charge in [-0.1, -0.05) is 53.5 Å². The Bertz CT molecular complexity index is 1230.